The van der Waals surface area contributed by atoms with Crippen LogP contribution in [0, 0.1) is 0 Å². The summed E-state index contributed by atoms with van der Waals surface area (Å²) in [5, 5.41) is 17.2. The molecule has 1 saturated carbocycles. The van der Waals surface area contributed by atoms with Crippen molar-refractivity contribution in [1.29, 1.82) is 0 Å². The van der Waals surface area contributed by atoms with Crippen LogP contribution in [0.5, 0.6) is 0 Å². The van der Waals surface area contributed by atoms with Gasteiger partial charge in [0.2, 0.25) is 0 Å². The second-order valence-electron chi connectivity index (χ2n) is 9.10. The first-order valence-electron chi connectivity index (χ1n) is 10.0. The maximum Gasteiger partial charge on any atom is 0.276 e. The lowest BCUT2D eigenvalue weighted by atomic mass is 9.96. The number of nitrogens with zero attached hydrogens (tertiary/aromatic N) is 7. The Kier molecular flexibility index (Phi) is 3.91. The lowest BCUT2D eigenvalue weighted by Gasteiger charge is -2.44. The van der Waals surface area contributed by atoms with Crippen LogP contribution in [-0.2, 0) is 5.41 Å². The van der Waals surface area contributed by atoms with Gasteiger partial charge in [-0.2, -0.15) is 4.52 Å². The normalized spacial score (nSPS) is 17.6. The molecule has 152 valence electrons. The fourth-order valence-electron chi connectivity index (χ4n) is 3.60. The maximum atomic E-state index is 12.7. The van der Waals surface area contributed by atoms with E-state index in [0.29, 0.717) is 11.6 Å². The predicted molar refractivity (Wildman–Crippen MR) is 106 cm³/mol. The third-order valence-corrected chi connectivity index (χ3v) is 5.70. The second-order valence-corrected chi connectivity index (χ2v) is 9.10. The molecule has 0 spiro atoms. The topological polar surface area (TPSA) is 92.7 Å². The zero-order valence-electron chi connectivity index (χ0n) is 17.2. The minimum atomic E-state index is -0.147. The SMILES string of the molecule is CN(C(=O)c1cc(C2CC2)on1)C1CN(c2ccc3nnc(C(C)(C)C)n3n2)C1. The van der Waals surface area contributed by atoms with Crippen molar-refractivity contribution in [2.24, 2.45) is 0 Å². The molecule has 9 nitrogen and oxygen atoms in total. The van der Waals surface area contributed by atoms with Crippen LogP contribution in [0.2, 0.25) is 0 Å². The summed E-state index contributed by atoms with van der Waals surface area (Å²) in [5.74, 6) is 2.87. The maximum absolute atomic E-state index is 12.7. The highest BCUT2D eigenvalue weighted by atomic mass is 16.5. The number of aromatic nitrogens is 5. The van der Waals surface area contributed by atoms with Crippen molar-refractivity contribution in [1.82, 2.24) is 29.9 Å². The van der Waals surface area contributed by atoms with Crippen molar-refractivity contribution in [2.45, 2.75) is 51.0 Å². The van der Waals surface area contributed by atoms with E-state index in [2.05, 4.69) is 41.0 Å². The van der Waals surface area contributed by atoms with Gasteiger partial charge in [-0.05, 0) is 25.0 Å². The number of hydrogen-bond acceptors (Lipinski definition) is 7. The van der Waals surface area contributed by atoms with E-state index in [-0.39, 0.29) is 17.4 Å². The molecule has 3 aromatic rings. The Hall–Kier alpha value is -2.97. The molecular formula is C20H25N7O2. The Morgan fingerprint density at radius 3 is 2.66 bits per heavy atom. The van der Waals surface area contributed by atoms with E-state index in [4.69, 9.17) is 9.62 Å². The average Bonchev–Trinajstić information content (AvgIpc) is 3.20. The van der Waals surface area contributed by atoms with E-state index in [1.165, 1.54) is 0 Å². The molecular weight excluding hydrogens is 370 g/mol. The smallest absolute Gasteiger partial charge is 0.276 e. The summed E-state index contributed by atoms with van der Waals surface area (Å²) in [5.41, 5.74) is 0.985. The number of carbonyl (C=O) groups is 1. The Morgan fingerprint density at radius 1 is 1.21 bits per heavy atom. The van der Waals surface area contributed by atoms with Gasteiger partial charge in [-0.3, -0.25) is 4.79 Å². The Bertz CT molecular complexity index is 1070. The summed E-state index contributed by atoms with van der Waals surface area (Å²) in [7, 11) is 1.82. The molecule has 9 heteroatoms. The highest BCUT2D eigenvalue weighted by molar-refractivity contribution is 5.92. The first-order valence-corrected chi connectivity index (χ1v) is 10.0. The molecule has 1 saturated heterocycles. The van der Waals surface area contributed by atoms with Crippen molar-refractivity contribution in [2.75, 3.05) is 25.0 Å². The van der Waals surface area contributed by atoms with Gasteiger partial charge < -0.3 is 14.3 Å². The zero-order chi connectivity index (χ0) is 20.3. The fourth-order valence-corrected chi connectivity index (χ4v) is 3.60. The van der Waals surface area contributed by atoms with E-state index >= 15 is 0 Å². The van der Waals surface area contributed by atoms with Crippen LogP contribution >= 0.6 is 0 Å². The third-order valence-electron chi connectivity index (χ3n) is 5.70. The van der Waals surface area contributed by atoms with Gasteiger partial charge in [0.1, 0.15) is 11.6 Å². The molecule has 29 heavy (non-hydrogen) atoms. The highest BCUT2D eigenvalue weighted by Crippen LogP contribution is 2.40. The summed E-state index contributed by atoms with van der Waals surface area (Å²) in [6, 6.07) is 5.79. The standard InChI is InChI=1S/C20H25N7O2/c1-20(2,3)19-22-21-16-7-8-17(23-27(16)19)26-10-13(11-26)25(4)18(28)14-9-15(29-24-14)12-5-6-12/h7-9,12-13H,5-6,10-11H2,1-4H3. The van der Waals surface area contributed by atoms with Crippen molar-refractivity contribution in [3.05, 3.63) is 35.5 Å². The van der Waals surface area contributed by atoms with Crippen LogP contribution in [-0.4, -0.2) is 62.0 Å². The number of amides is 1. The number of fused-ring (bicyclic) bond motifs is 1. The van der Waals surface area contributed by atoms with Gasteiger partial charge in [-0.1, -0.05) is 25.9 Å². The summed E-state index contributed by atoms with van der Waals surface area (Å²) < 4.78 is 7.13. The van der Waals surface area contributed by atoms with Crippen LogP contribution in [0.1, 0.15) is 61.6 Å². The Morgan fingerprint density at radius 2 is 1.97 bits per heavy atom. The summed E-state index contributed by atoms with van der Waals surface area (Å²) in [6.45, 7) is 7.73. The number of carbonyl (C=O) groups excluding carboxylic acids is 1. The van der Waals surface area contributed by atoms with Crippen molar-refractivity contribution in [3.63, 3.8) is 0 Å². The van der Waals surface area contributed by atoms with E-state index in [1.807, 2.05) is 23.7 Å². The van der Waals surface area contributed by atoms with Gasteiger partial charge in [-0.15, -0.1) is 15.3 Å². The van der Waals surface area contributed by atoms with Gasteiger partial charge in [0.25, 0.3) is 5.91 Å². The molecule has 0 atom stereocenters. The molecule has 1 amide bonds. The minimum Gasteiger partial charge on any atom is -0.360 e. The van der Waals surface area contributed by atoms with Crippen LogP contribution in [0.15, 0.2) is 22.7 Å². The Labute approximate surface area is 168 Å². The lowest BCUT2D eigenvalue weighted by molar-refractivity contribution is 0.0694. The molecule has 0 aromatic carbocycles. The number of likely N-dealkylation sites (N-methyl/N-ethyl adjacent to an activating group) is 1. The van der Waals surface area contributed by atoms with Gasteiger partial charge in [0, 0.05) is 37.5 Å². The Balaban J connectivity index is 1.28. The van der Waals surface area contributed by atoms with E-state index in [0.717, 1.165) is 49.0 Å². The first-order chi connectivity index (χ1) is 13.8. The fraction of sp³-hybridized carbons (Fsp3) is 0.550. The largest absolute Gasteiger partial charge is 0.360 e. The molecule has 5 rings (SSSR count). The molecule has 2 aliphatic rings. The molecule has 0 unspecified atom stereocenters. The molecule has 0 bridgehead atoms. The van der Waals surface area contributed by atoms with Crippen LogP contribution < -0.4 is 4.90 Å². The minimum absolute atomic E-state index is 0.0949. The summed E-state index contributed by atoms with van der Waals surface area (Å²) in [6.07, 6.45) is 2.24. The first kappa shape index (κ1) is 18.1. The molecule has 3 aromatic heterocycles. The summed E-state index contributed by atoms with van der Waals surface area (Å²) in [4.78, 5) is 16.6. The predicted octanol–water partition coefficient (Wildman–Crippen LogP) is 2.25. The van der Waals surface area contributed by atoms with E-state index in [9.17, 15) is 4.79 Å². The molecule has 0 radical (unpaired) electrons. The van der Waals surface area contributed by atoms with Gasteiger partial charge >= 0.3 is 0 Å². The third kappa shape index (κ3) is 3.14. The van der Waals surface area contributed by atoms with Crippen LogP contribution in [0.3, 0.4) is 0 Å². The van der Waals surface area contributed by atoms with Crippen LogP contribution in [0.25, 0.3) is 5.65 Å². The lowest BCUT2D eigenvalue weighted by Crippen LogP contribution is -2.60. The van der Waals surface area contributed by atoms with Crippen molar-refractivity contribution in [3.8, 4) is 0 Å². The quantitative estimate of drug-likeness (QED) is 0.669. The molecule has 1 aliphatic heterocycles. The second kappa shape index (κ2) is 6.27. The van der Waals surface area contributed by atoms with Gasteiger partial charge in [0.05, 0.1) is 6.04 Å². The number of hydrogen-bond donors (Lipinski definition) is 0. The zero-order valence-corrected chi connectivity index (χ0v) is 17.2. The number of anilines is 1. The monoisotopic (exact) mass is 395 g/mol. The average molecular weight is 395 g/mol. The van der Waals surface area contributed by atoms with Gasteiger partial charge in [-0.25, -0.2) is 0 Å². The van der Waals surface area contributed by atoms with Gasteiger partial charge in [0.15, 0.2) is 17.2 Å². The van der Waals surface area contributed by atoms with Crippen molar-refractivity contribution >= 4 is 17.4 Å². The van der Waals surface area contributed by atoms with E-state index in [1.54, 1.807) is 11.0 Å². The summed E-state index contributed by atoms with van der Waals surface area (Å²) >= 11 is 0. The van der Waals surface area contributed by atoms with E-state index < -0.39 is 0 Å². The number of rotatable bonds is 4. The molecule has 0 N–H and O–H groups in total. The van der Waals surface area contributed by atoms with Crippen molar-refractivity contribution < 1.29 is 9.32 Å². The molecule has 1 aliphatic carbocycles. The molecule has 4 heterocycles. The highest BCUT2D eigenvalue weighted by Gasteiger charge is 2.36. The van der Waals surface area contributed by atoms with Crippen LogP contribution in [0.4, 0.5) is 5.82 Å². The molecule has 2 fully saturated rings.